The second kappa shape index (κ2) is 7.32. The standard InChI is InChI=1S/C23H21NO3S/c25-23(17-7-8-19-20(15-17)27-13-4-12-26-19)24-11-9-21-18(10-14-28-21)22(24)16-5-2-1-3-6-16/h1-3,5-8,10,14-15,22H,4,9,11-13H2/t22-/m0/s1. The summed E-state index contributed by atoms with van der Waals surface area (Å²) in [6, 6.07) is 17.9. The van der Waals surface area contributed by atoms with E-state index in [1.165, 1.54) is 10.4 Å². The van der Waals surface area contributed by atoms with E-state index in [9.17, 15) is 4.79 Å². The fraction of sp³-hybridized carbons (Fsp3) is 0.261. The van der Waals surface area contributed by atoms with E-state index in [4.69, 9.17) is 9.47 Å². The Morgan fingerprint density at radius 3 is 2.68 bits per heavy atom. The van der Waals surface area contributed by atoms with Crippen molar-refractivity contribution in [3.05, 3.63) is 81.5 Å². The second-order valence-electron chi connectivity index (χ2n) is 7.07. The molecule has 142 valence electrons. The Hall–Kier alpha value is -2.79. The molecule has 0 radical (unpaired) electrons. The number of thiophene rings is 1. The molecule has 4 nitrogen and oxygen atoms in total. The summed E-state index contributed by atoms with van der Waals surface area (Å²) < 4.78 is 11.5. The van der Waals surface area contributed by atoms with Crippen LogP contribution < -0.4 is 9.47 Å². The van der Waals surface area contributed by atoms with Gasteiger partial charge in [0, 0.05) is 23.4 Å². The van der Waals surface area contributed by atoms with E-state index in [2.05, 4.69) is 23.6 Å². The highest BCUT2D eigenvalue weighted by molar-refractivity contribution is 7.10. The van der Waals surface area contributed by atoms with Crippen molar-refractivity contribution in [2.24, 2.45) is 0 Å². The quantitative estimate of drug-likeness (QED) is 0.636. The van der Waals surface area contributed by atoms with Crippen LogP contribution in [0, 0.1) is 0 Å². The van der Waals surface area contributed by atoms with Crippen molar-refractivity contribution in [2.75, 3.05) is 19.8 Å². The number of amides is 1. The molecule has 0 bridgehead atoms. The highest BCUT2D eigenvalue weighted by Gasteiger charge is 2.33. The van der Waals surface area contributed by atoms with E-state index < -0.39 is 0 Å². The molecule has 1 amide bonds. The molecule has 2 aromatic carbocycles. The van der Waals surface area contributed by atoms with Crippen molar-refractivity contribution in [1.82, 2.24) is 4.90 Å². The normalized spacial score (nSPS) is 18.3. The van der Waals surface area contributed by atoms with Gasteiger partial charge < -0.3 is 14.4 Å². The molecule has 0 unspecified atom stereocenters. The number of rotatable bonds is 2. The molecule has 5 heteroatoms. The third-order valence-electron chi connectivity index (χ3n) is 5.34. The van der Waals surface area contributed by atoms with Crippen molar-refractivity contribution >= 4 is 17.2 Å². The monoisotopic (exact) mass is 391 g/mol. The number of carbonyl (C=O) groups is 1. The van der Waals surface area contributed by atoms with E-state index in [0.717, 1.165) is 18.4 Å². The minimum absolute atomic E-state index is 0.0290. The third kappa shape index (κ3) is 3.06. The molecule has 0 spiro atoms. The van der Waals surface area contributed by atoms with E-state index in [1.54, 1.807) is 11.3 Å². The summed E-state index contributed by atoms with van der Waals surface area (Å²) in [5.41, 5.74) is 3.03. The summed E-state index contributed by atoms with van der Waals surface area (Å²) >= 11 is 1.78. The molecule has 2 aliphatic heterocycles. The first-order valence-electron chi connectivity index (χ1n) is 9.63. The lowest BCUT2D eigenvalue weighted by molar-refractivity contribution is 0.0695. The Morgan fingerprint density at radius 1 is 1.00 bits per heavy atom. The van der Waals surface area contributed by atoms with Crippen molar-refractivity contribution in [1.29, 1.82) is 0 Å². The zero-order chi connectivity index (χ0) is 18.9. The van der Waals surface area contributed by atoms with Gasteiger partial charge in [0.05, 0.1) is 19.3 Å². The summed E-state index contributed by atoms with van der Waals surface area (Å²) in [5.74, 6) is 1.40. The summed E-state index contributed by atoms with van der Waals surface area (Å²) in [5, 5.41) is 2.13. The van der Waals surface area contributed by atoms with Crippen LogP contribution in [-0.2, 0) is 6.42 Å². The summed E-state index contributed by atoms with van der Waals surface area (Å²) in [7, 11) is 0. The number of hydrogen-bond donors (Lipinski definition) is 0. The molecule has 2 aliphatic rings. The van der Waals surface area contributed by atoms with Gasteiger partial charge in [-0.3, -0.25) is 4.79 Å². The first-order valence-corrected chi connectivity index (χ1v) is 10.5. The Morgan fingerprint density at radius 2 is 1.82 bits per heavy atom. The molecule has 0 N–H and O–H groups in total. The molecule has 28 heavy (non-hydrogen) atoms. The van der Waals surface area contributed by atoms with Gasteiger partial charge in [-0.1, -0.05) is 30.3 Å². The highest BCUT2D eigenvalue weighted by Crippen LogP contribution is 2.39. The Kier molecular flexibility index (Phi) is 4.53. The average Bonchev–Trinajstić information content (AvgIpc) is 3.10. The van der Waals surface area contributed by atoms with Crippen LogP contribution in [0.1, 0.15) is 38.8 Å². The van der Waals surface area contributed by atoms with Crippen molar-refractivity contribution in [3.8, 4) is 11.5 Å². The predicted octanol–water partition coefficient (Wildman–Crippen LogP) is 4.70. The summed E-state index contributed by atoms with van der Waals surface area (Å²) in [4.78, 5) is 16.9. The average molecular weight is 391 g/mol. The van der Waals surface area contributed by atoms with Crippen LogP contribution >= 0.6 is 11.3 Å². The Balaban J connectivity index is 1.52. The zero-order valence-corrected chi connectivity index (χ0v) is 16.3. The van der Waals surface area contributed by atoms with Gasteiger partial charge >= 0.3 is 0 Å². The van der Waals surface area contributed by atoms with Crippen LogP contribution in [0.2, 0.25) is 0 Å². The topological polar surface area (TPSA) is 38.8 Å². The molecule has 3 aromatic rings. The van der Waals surface area contributed by atoms with Gasteiger partial charge in [0.15, 0.2) is 11.5 Å². The lowest BCUT2D eigenvalue weighted by Gasteiger charge is -2.36. The lowest BCUT2D eigenvalue weighted by atomic mass is 9.92. The molecular weight excluding hydrogens is 370 g/mol. The van der Waals surface area contributed by atoms with E-state index in [-0.39, 0.29) is 11.9 Å². The largest absolute Gasteiger partial charge is 0.490 e. The summed E-state index contributed by atoms with van der Waals surface area (Å²) in [6.45, 7) is 1.96. The van der Waals surface area contributed by atoms with Crippen molar-refractivity contribution in [3.63, 3.8) is 0 Å². The molecule has 1 aromatic heterocycles. The van der Waals surface area contributed by atoms with Gasteiger partial charge in [-0.2, -0.15) is 0 Å². The van der Waals surface area contributed by atoms with Gasteiger partial charge in [0.2, 0.25) is 0 Å². The molecule has 0 aliphatic carbocycles. The zero-order valence-electron chi connectivity index (χ0n) is 15.5. The van der Waals surface area contributed by atoms with Crippen LogP contribution in [0.15, 0.2) is 60.0 Å². The first kappa shape index (κ1) is 17.3. The number of benzene rings is 2. The molecule has 1 atom stereocenters. The first-order chi connectivity index (χ1) is 13.8. The fourth-order valence-electron chi connectivity index (χ4n) is 3.99. The maximum atomic E-state index is 13.5. The third-order valence-corrected chi connectivity index (χ3v) is 6.33. The number of ether oxygens (including phenoxy) is 2. The fourth-order valence-corrected chi connectivity index (χ4v) is 4.90. The SMILES string of the molecule is O=C(c1ccc2c(c1)OCCCO2)N1CCc2sccc2[C@@H]1c1ccccc1. The minimum atomic E-state index is -0.0559. The Bertz CT molecular complexity index is 998. The van der Waals surface area contributed by atoms with Gasteiger partial charge in [0.1, 0.15) is 0 Å². The van der Waals surface area contributed by atoms with E-state index in [1.807, 2.05) is 41.3 Å². The number of fused-ring (bicyclic) bond motifs is 2. The molecule has 5 rings (SSSR count). The molecule has 3 heterocycles. The van der Waals surface area contributed by atoms with Gasteiger partial charge in [-0.05, 0) is 47.2 Å². The van der Waals surface area contributed by atoms with Crippen LogP contribution in [0.4, 0.5) is 0 Å². The Labute approximate surface area is 168 Å². The van der Waals surface area contributed by atoms with Crippen molar-refractivity contribution < 1.29 is 14.3 Å². The minimum Gasteiger partial charge on any atom is -0.490 e. The van der Waals surface area contributed by atoms with E-state index >= 15 is 0 Å². The van der Waals surface area contributed by atoms with Crippen molar-refractivity contribution in [2.45, 2.75) is 18.9 Å². The van der Waals surface area contributed by atoms with Crippen LogP contribution in [-0.4, -0.2) is 30.6 Å². The smallest absolute Gasteiger partial charge is 0.254 e. The second-order valence-corrected chi connectivity index (χ2v) is 8.07. The number of hydrogen-bond acceptors (Lipinski definition) is 4. The molecule has 0 fully saturated rings. The molecule has 0 saturated heterocycles. The van der Waals surface area contributed by atoms with Gasteiger partial charge in [-0.15, -0.1) is 11.3 Å². The van der Waals surface area contributed by atoms with Crippen LogP contribution in [0.3, 0.4) is 0 Å². The number of carbonyl (C=O) groups excluding carboxylic acids is 1. The van der Waals surface area contributed by atoms with Crippen LogP contribution in [0.25, 0.3) is 0 Å². The molecular formula is C23H21NO3S. The predicted molar refractivity (Wildman–Crippen MR) is 109 cm³/mol. The maximum Gasteiger partial charge on any atom is 0.254 e. The summed E-state index contributed by atoms with van der Waals surface area (Å²) in [6.07, 6.45) is 1.74. The molecule has 0 saturated carbocycles. The van der Waals surface area contributed by atoms with Gasteiger partial charge in [-0.25, -0.2) is 0 Å². The van der Waals surface area contributed by atoms with Crippen LogP contribution in [0.5, 0.6) is 11.5 Å². The van der Waals surface area contributed by atoms with E-state index in [0.29, 0.717) is 36.8 Å². The number of nitrogens with zero attached hydrogens (tertiary/aromatic N) is 1. The van der Waals surface area contributed by atoms with Gasteiger partial charge in [0.25, 0.3) is 5.91 Å². The highest BCUT2D eigenvalue weighted by atomic mass is 32.1. The lowest BCUT2D eigenvalue weighted by Crippen LogP contribution is -2.40. The maximum absolute atomic E-state index is 13.5.